The number of hydrogen-bond donors (Lipinski definition) is 1. The van der Waals surface area contributed by atoms with Gasteiger partial charge in [-0.1, -0.05) is 0 Å². The monoisotopic (exact) mass is 322 g/mol. The fraction of sp³-hybridized carbons (Fsp3) is 0.312. The van der Waals surface area contributed by atoms with E-state index < -0.39 is 0 Å². The summed E-state index contributed by atoms with van der Waals surface area (Å²) in [5, 5.41) is 0. The Morgan fingerprint density at radius 3 is 2.46 bits per heavy atom. The summed E-state index contributed by atoms with van der Waals surface area (Å²) in [6.07, 6.45) is 10.5. The largest absolute Gasteiger partial charge is 0.339 e. The summed E-state index contributed by atoms with van der Waals surface area (Å²) in [5.74, 6) is 1.57. The number of hydrogen-bond acceptors (Lipinski definition) is 7. The lowest BCUT2D eigenvalue weighted by molar-refractivity contribution is 0.246. The topological polar surface area (TPSA) is 86.7 Å². The van der Waals surface area contributed by atoms with Gasteiger partial charge in [-0.25, -0.2) is 19.9 Å². The molecule has 1 fully saturated rings. The predicted octanol–water partition coefficient (Wildman–Crippen LogP) is 0.979. The normalized spacial score (nSPS) is 15.6. The molecule has 122 valence electrons. The van der Waals surface area contributed by atoms with Crippen molar-refractivity contribution < 1.29 is 0 Å². The van der Waals surface area contributed by atoms with E-state index in [1.165, 1.54) is 0 Å². The van der Waals surface area contributed by atoms with Gasteiger partial charge in [-0.2, -0.15) is 0 Å². The molecule has 1 aliphatic heterocycles. The van der Waals surface area contributed by atoms with Crippen molar-refractivity contribution in [3.8, 4) is 11.5 Å². The molecule has 0 spiro atoms. The van der Waals surface area contributed by atoms with E-state index in [-0.39, 0.29) is 0 Å². The van der Waals surface area contributed by atoms with Crippen LogP contribution in [0.3, 0.4) is 0 Å². The Hall–Kier alpha value is -2.87. The summed E-state index contributed by atoms with van der Waals surface area (Å²) < 4.78 is 0. The summed E-state index contributed by atoms with van der Waals surface area (Å²) in [7, 11) is 0. The minimum atomic E-state index is 0.759. The van der Waals surface area contributed by atoms with Crippen LogP contribution in [0.5, 0.6) is 0 Å². The Labute approximate surface area is 139 Å². The van der Waals surface area contributed by atoms with Gasteiger partial charge in [-0.3, -0.25) is 9.88 Å². The highest BCUT2D eigenvalue weighted by atomic mass is 15.3. The molecule has 0 unspecified atom stereocenters. The van der Waals surface area contributed by atoms with E-state index in [4.69, 9.17) is 0 Å². The van der Waals surface area contributed by atoms with E-state index >= 15 is 0 Å². The molecule has 1 N–H and O–H groups in total. The van der Waals surface area contributed by atoms with Crippen LogP contribution < -0.4 is 4.90 Å². The third-order valence-electron chi connectivity index (χ3n) is 4.04. The standard InChI is InChI=1S/C16H18N8/c1-2-19-16(20-3-1)24-8-6-23(7-9-24)12-13-10-21-15(22-13)14-11-17-4-5-18-14/h1-5,10-11H,6-9,12H2,(H,21,22). The molecule has 0 amide bonds. The first kappa shape index (κ1) is 14.7. The second-order valence-corrected chi connectivity index (χ2v) is 5.66. The number of anilines is 1. The van der Waals surface area contributed by atoms with Gasteiger partial charge in [-0.15, -0.1) is 0 Å². The van der Waals surface area contributed by atoms with Crippen LogP contribution in [0.4, 0.5) is 5.95 Å². The van der Waals surface area contributed by atoms with Crippen molar-refractivity contribution in [1.82, 2.24) is 34.8 Å². The molecule has 3 aromatic heterocycles. The number of piperazine rings is 1. The number of aromatic amines is 1. The lowest BCUT2D eigenvalue weighted by Crippen LogP contribution is -2.46. The molecule has 4 heterocycles. The SMILES string of the molecule is c1cnc(N2CCN(Cc3cnc(-c4cnccn4)[nH]3)CC2)nc1. The van der Waals surface area contributed by atoms with Crippen LogP contribution in [0.1, 0.15) is 5.69 Å². The van der Waals surface area contributed by atoms with Crippen molar-refractivity contribution in [3.05, 3.63) is 48.9 Å². The zero-order valence-corrected chi connectivity index (χ0v) is 13.2. The van der Waals surface area contributed by atoms with Crippen molar-refractivity contribution in [2.24, 2.45) is 0 Å². The van der Waals surface area contributed by atoms with Gasteiger partial charge in [0.15, 0.2) is 5.82 Å². The van der Waals surface area contributed by atoms with Gasteiger partial charge in [0.2, 0.25) is 5.95 Å². The van der Waals surface area contributed by atoms with Gasteiger partial charge in [0.05, 0.1) is 12.4 Å². The highest BCUT2D eigenvalue weighted by molar-refractivity contribution is 5.47. The third kappa shape index (κ3) is 3.23. The molecular formula is C16H18N8. The molecule has 0 saturated carbocycles. The molecule has 0 aromatic carbocycles. The Morgan fingerprint density at radius 1 is 0.875 bits per heavy atom. The van der Waals surface area contributed by atoms with Gasteiger partial charge in [0.25, 0.3) is 0 Å². The summed E-state index contributed by atoms with van der Waals surface area (Å²) >= 11 is 0. The van der Waals surface area contributed by atoms with Crippen LogP contribution in [-0.4, -0.2) is 61.0 Å². The van der Waals surface area contributed by atoms with E-state index in [9.17, 15) is 0 Å². The zero-order chi connectivity index (χ0) is 16.2. The average molecular weight is 322 g/mol. The number of nitrogens with one attached hydrogen (secondary N) is 1. The van der Waals surface area contributed by atoms with Crippen LogP contribution in [-0.2, 0) is 6.54 Å². The van der Waals surface area contributed by atoms with Gasteiger partial charge >= 0.3 is 0 Å². The molecule has 0 bridgehead atoms. The van der Waals surface area contributed by atoms with E-state index in [0.717, 1.165) is 55.9 Å². The second kappa shape index (κ2) is 6.71. The Bertz CT molecular complexity index is 765. The van der Waals surface area contributed by atoms with Gasteiger partial charge in [-0.05, 0) is 6.07 Å². The zero-order valence-electron chi connectivity index (χ0n) is 13.2. The van der Waals surface area contributed by atoms with Crippen molar-refractivity contribution >= 4 is 5.95 Å². The van der Waals surface area contributed by atoms with Crippen LogP contribution in [0.25, 0.3) is 11.5 Å². The number of imidazole rings is 1. The molecule has 8 nitrogen and oxygen atoms in total. The smallest absolute Gasteiger partial charge is 0.225 e. The lowest BCUT2D eigenvalue weighted by atomic mass is 10.3. The Kier molecular flexibility index (Phi) is 4.11. The minimum absolute atomic E-state index is 0.759. The summed E-state index contributed by atoms with van der Waals surface area (Å²) in [6.45, 7) is 4.64. The maximum Gasteiger partial charge on any atom is 0.225 e. The van der Waals surface area contributed by atoms with E-state index in [2.05, 4.69) is 39.7 Å². The van der Waals surface area contributed by atoms with Crippen molar-refractivity contribution in [3.63, 3.8) is 0 Å². The molecule has 8 heteroatoms. The maximum absolute atomic E-state index is 4.40. The summed E-state index contributed by atoms with van der Waals surface area (Å²) in [6, 6.07) is 1.84. The molecule has 3 aromatic rings. The highest BCUT2D eigenvalue weighted by Crippen LogP contribution is 2.14. The van der Waals surface area contributed by atoms with Crippen LogP contribution in [0, 0.1) is 0 Å². The highest BCUT2D eigenvalue weighted by Gasteiger charge is 2.19. The van der Waals surface area contributed by atoms with Crippen molar-refractivity contribution in [2.45, 2.75) is 6.54 Å². The van der Waals surface area contributed by atoms with E-state index in [1.54, 1.807) is 31.0 Å². The molecule has 0 aliphatic carbocycles. The quantitative estimate of drug-likeness (QED) is 0.766. The summed E-state index contributed by atoms with van der Waals surface area (Å²) in [4.78, 5) is 29.3. The van der Waals surface area contributed by atoms with Crippen LogP contribution in [0.2, 0.25) is 0 Å². The fourth-order valence-corrected chi connectivity index (χ4v) is 2.79. The summed E-state index contributed by atoms with van der Waals surface area (Å²) in [5.41, 5.74) is 1.84. The molecule has 0 radical (unpaired) electrons. The van der Waals surface area contributed by atoms with E-state index in [0.29, 0.717) is 0 Å². The number of rotatable bonds is 4. The van der Waals surface area contributed by atoms with Gasteiger partial charge in [0.1, 0.15) is 5.69 Å². The Balaban J connectivity index is 1.35. The van der Waals surface area contributed by atoms with Crippen molar-refractivity contribution in [2.75, 3.05) is 31.1 Å². The van der Waals surface area contributed by atoms with E-state index in [1.807, 2.05) is 12.3 Å². The number of aromatic nitrogens is 6. The molecule has 1 saturated heterocycles. The number of H-pyrrole nitrogens is 1. The molecule has 0 atom stereocenters. The maximum atomic E-state index is 4.40. The first-order valence-corrected chi connectivity index (χ1v) is 7.93. The lowest BCUT2D eigenvalue weighted by Gasteiger charge is -2.34. The average Bonchev–Trinajstić information content (AvgIpc) is 3.12. The minimum Gasteiger partial charge on any atom is -0.339 e. The molecule has 1 aliphatic rings. The third-order valence-corrected chi connectivity index (χ3v) is 4.04. The van der Waals surface area contributed by atoms with Gasteiger partial charge in [0, 0.05) is 63.2 Å². The Morgan fingerprint density at radius 2 is 1.71 bits per heavy atom. The molecule has 24 heavy (non-hydrogen) atoms. The second-order valence-electron chi connectivity index (χ2n) is 5.66. The first-order valence-electron chi connectivity index (χ1n) is 7.93. The predicted molar refractivity (Wildman–Crippen MR) is 89.1 cm³/mol. The van der Waals surface area contributed by atoms with Crippen molar-refractivity contribution in [1.29, 1.82) is 0 Å². The molecular weight excluding hydrogens is 304 g/mol. The van der Waals surface area contributed by atoms with Gasteiger partial charge < -0.3 is 9.88 Å². The van der Waals surface area contributed by atoms with Crippen LogP contribution >= 0.6 is 0 Å². The molecule has 4 rings (SSSR count). The fourth-order valence-electron chi connectivity index (χ4n) is 2.79. The number of nitrogens with zero attached hydrogens (tertiary/aromatic N) is 7. The van der Waals surface area contributed by atoms with Crippen LogP contribution in [0.15, 0.2) is 43.2 Å². The first-order chi connectivity index (χ1) is 11.9.